The maximum Gasteiger partial charge on any atom is 0.412 e. The quantitative estimate of drug-likeness (QED) is 0.0417. The number of benzene rings is 5. The molecule has 16 rings (SSSR count). The predicted octanol–water partition coefficient (Wildman–Crippen LogP) is 4.71. The summed E-state index contributed by atoms with van der Waals surface area (Å²) in [4.78, 5) is 137. The summed E-state index contributed by atoms with van der Waals surface area (Å²) < 4.78 is 44.8. The molecule has 18 atom stereocenters. The first kappa shape index (κ1) is 90.0. The van der Waals surface area contributed by atoms with E-state index in [9.17, 15) is 55.2 Å². The molecule has 4 saturated carbocycles. The zero-order chi connectivity index (χ0) is 87.6. The molecule has 0 spiro atoms. The molecule has 122 heavy (non-hydrogen) atoms. The van der Waals surface area contributed by atoms with Crippen LogP contribution in [0.25, 0.3) is 11.1 Å². The zero-order valence-electron chi connectivity index (χ0n) is 68.1. The third-order valence-corrected chi connectivity index (χ3v) is 24.9. The number of aliphatic hydroxyl groups excluding tert-OH is 6. The number of aromatic hydroxyl groups is 2. The van der Waals surface area contributed by atoms with Crippen molar-refractivity contribution in [2.24, 2.45) is 41.1 Å². The number of amides is 9. The van der Waals surface area contributed by atoms with Gasteiger partial charge < -0.3 is 133 Å². The van der Waals surface area contributed by atoms with Gasteiger partial charge in [0.2, 0.25) is 59.3 Å². The molecule has 35 nitrogen and oxygen atoms in total. The molecule has 660 valence electrons. The van der Waals surface area contributed by atoms with Crippen LogP contribution in [0.3, 0.4) is 0 Å². The number of phenolic OH excluding ortho intramolecular Hbond substituents is 2. The van der Waals surface area contributed by atoms with Crippen LogP contribution in [0, 0.1) is 29.6 Å². The maximum absolute atomic E-state index is 16.5. The lowest BCUT2D eigenvalue weighted by Crippen LogP contribution is -2.64. The lowest BCUT2D eigenvalue weighted by molar-refractivity contribution is -0.333. The van der Waals surface area contributed by atoms with E-state index in [1.54, 1.807) is 0 Å². The highest BCUT2D eigenvalue weighted by Gasteiger charge is 2.53. The van der Waals surface area contributed by atoms with E-state index in [1.165, 1.54) is 51.2 Å². The van der Waals surface area contributed by atoms with Crippen LogP contribution in [0.5, 0.6) is 46.0 Å². The number of phenols is 2. The maximum atomic E-state index is 16.5. The van der Waals surface area contributed by atoms with E-state index in [4.69, 9.17) is 67.8 Å². The molecular weight excluding hydrogens is 1630 g/mol. The molecule has 0 unspecified atom stereocenters. The lowest BCUT2D eigenvalue weighted by Gasteiger charge is -2.54. The van der Waals surface area contributed by atoms with Crippen LogP contribution in [0.1, 0.15) is 183 Å². The number of nitrogens with one attached hydrogen (secondary N) is 9. The summed E-state index contributed by atoms with van der Waals surface area (Å²) in [6.07, 6.45) is -9.70. The van der Waals surface area contributed by atoms with Gasteiger partial charge in [-0.3, -0.25) is 38.4 Å². The van der Waals surface area contributed by atoms with Gasteiger partial charge in [-0.05, 0) is 178 Å². The van der Waals surface area contributed by atoms with Gasteiger partial charge in [-0.1, -0.05) is 94.3 Å². The lowest BCUT2D eigenvalue weighted by atomic mass is 9.54. The van der Waals surface area contributed by atoms with Crippen LogP contribution in [-0.2, 0) is 52.6 Å². The second-order valence-corrected chi connectivity index (χ2v) is 34.7. The monoisotopic (exact) mass is 1740 g/mol. The van der Waals surface area contributed by atoms with Gasteiger partial charge >= 0.3 is 6.09 Å². The Morgan fingerprint density at radius 1 is 0.672 bits per heavy atom. The van der Waals surface area contributed by atoms with E-state index in [2.05, 4.69) is 54.8 Å². The van der Waals surface area contributed by atoms with Crippen LogP contribution < -0.4 is 78.3 Å². The van der Waals surface area contributed by atoms with Gasteiger partial charge in [0, 0.05) is 41.7 Å². The van der Waals surface area contributed by atoms with E-state index >= 15 is 28.8 Å². The average molecular weight is 1740 g/mol. The number of rotatable bonds is 22. The molecule has 37 heteroatoms. The molecule has 7 aliphatic heterocycles. The number of likely N-dealkylation sites (N-methyl/N-ethyl adjacent to an activating group) is 1. The third kappa shape index (κ3) is 19.9. The number of primary amides is 1. The summed E-state index contributed by atoms with van der Waals surface area (Å²) in [5.74, 6) is -13.0. The van der Waals surface area contributed by atoms with Gasteiger partial charge in [0.25, 0.3) is 0 Å². The van der Waals surface area contributed by atoms with E-state index < -0.39 is 221 Å². The Bertz CT molecular complexity index is 4740. The molecule has 2 saturated heterocycles. The summed E-state index contributed by atoms with van der Waals surface area (Å²) in [5.41, 5.74) is 8.89. The van der Waals surface area contributed by atoms with Crippen LogP contribution >= 0.6 is 23.2 Å². The van der Waals surface area contributed by atoms with Crippen molar-refractivity contribution in [2.75, 3.05) is 20.2 Å². The van der Waals surface area contributed by atoms with Crippen LogP contribution in [0.2, 0.25) is 10.0 Å². The zero-order valence-corrected chi connectivity index (χ0v) is 69.6. The summed E-state index contributed by atoms with van der Waals surface area (Å²) in [6, 6.07) is 0.622. The van der Waals surface area contributed by atoms with Crippen LogP contribution in [-0.4, -0.2) is 199 Å². The summed E-state index contributed by atoms with van der Waals surface area (Å²) in [6.45, 7) is 8.03. The molecule has 6 fully saturated rings. The van der Waals surface area contributed by atoms with E-state index in [1.807, 2.05) is 13.8 Å². The standard InChI is InChI=1S/C85H107Cl2N11O24/c1-7-8-9-10-11-12-19-91-84(115)117-46-31-48-62(54(101)32-46)47-26-40(13-16-53(47)100)64-78(110)98-68(82(114)96-66(48)80(112)93-63-43-22-38-21-39(24-43)25-44(63)23-38)70(104)42-15-18-56(50(87)28-42)119-58-30-45-29-57(73(58)122-83-74(72(106)71(105)59(35-99)120-83)121-61-34-85(5,89)75(107)37(4)116-61)118-55-17-14-41(27-49(55)86)69(103)67(97-76(108)51(90-6)20-36(2)3)81(113)92-52(33-60(88)102)77(109)94-65(45)79(111)95-64/h13-18,26-32,36-39,43-44,51-52,59,61,63-72,74-75,83,90,99-101,103-107H,7-12,19-25,33-35,89H2,1-6H3,(H2,88,102)(H,91,115)(H,92,113)(H,93,112)(H,94,109)(H,95,111)(H,96,114)(H,97,108)(H,98,110)/t37-,38?,39?,43?,44?,51+,52-,59+,61-,63?,64+,65+,66+,67+,68-,69+,70+,71+,72-,74+,75+,83-,85-/m0/s1. The minimum Gasteiger partial charge on any atom is -0.507 e. The minimum atomic E-state index is -2.35. The first-order valence-electron chi connectivity index (χ1n) is 41.4. The molecule has 21 N–H and O–H groups in total. The Morgan fingerprint density at radius 3 is 1.90 bits per heavy atom. The predicted molar refractivity (Wildman–Crippen MR) is 436 cm³/mol. The molecule has 0 radical (unpaired) electrons. The number of unbranched alkanes of at least 4 members (excludes halogenated alkanes) is 5. The number of carbonyl (C=O) groups is 9. The summed E-state index contributed by atoms with van der Waals surface area (Å²) in [5, 5.41) is 119. The van der Waals surface area contributed by atoms with Crippen molar-refractivity contribution in [3.63, 3.8) is 0 Å². The Balaban J connectivity index is 1.00. The smallest absolute Gasteiger partial charge is 0.412 e. The molecule has 11 aliphatic rings. The van der Waals surface area contributed by atoms with Crippen molar-refractivity contribution < 1.29 is 117 Å². The summed E-state index contributed by atoms with van der Waals surface area (Å²) in [7, 11) is 1.49. The van der Waals surface area contributed by atoms with E-state index in [-0.39, 0.29) is 92.8 Å². The van der Waals surface area contributed by atoms with Gasteiger partial charge in [-0.25, -0.2) is 4.79 Å². The normalized spacial score (nSPS) is 30.8. The highest BCUT2D eigenvalue weighted by atomic mass is 35.5. The van der Waals surface area contributed by atoms with Crippen molar-refractivity contribution in [1.29, 1.82) is 0 Å². The Hall–Kier alpha value is -9.73. The number of fused-ring (bicyclic) bond motifs is 15. The summed E-state index contributed by atoms with van der Waals surface area (Å²) >= 11 is 14.5. The van der Waals surface area contributed by atoms with E-state index in [0.717, 1.165) is 113 Å². The number of ether oxygens (including phenoxy) is 7. The second kappa shape index (κ2) is 38.2. The fourth-order valence-electron chi connectivity index (χ4n) is 18.2. The number of aliphatic hydroxyl groups is 6. The van der Waals surface area contributed by atoms with Crippen molar-refractivity contribution >= 4 is 76.6 Å². The largest absolute Gasteiger partial charge is 0.507 e. The highest BCUT2D eigenvalue weighted by Crippen LogP contribution is 2.55. The Labute approximate surface area is 713 Å². The molecule has 4 aliphatic carbocycles. The topological polar surface area (TPSA) is 540 Å². The van der Waals surface area contributed by atoms with Crippen molar-refractivity contribution in [1.82, 2.24) is 47.9 Å². The first-order valence-corrected chi connectivity index (χ1v) is 42.1. The molecule has 9 amide bonds. The Kier molecular flexibility index (Phi) is 28.2. The number of hydrogen-bond donors (Lipinski definition) is 19. The average Bonchev–Trinajstić information content (AvgIpc) is 0.756. The van der Waals surface area contributed by atoms with Crippen molar-refractivity contribution in [3.05, 3.63) is 117 Å². The van der Waals surface area contributed by atoms with Crippen molar-refractivity contribution in [2.45, 2.75) is 240 Å². The number of hydrogen-bond acceptors (Lipinski definition) is 26. The fraction of sp³-hybridized carbons (Fsp3) is 0.541. The highest BCUT2D eigenvalue weighted by molar-refractivity contribution is 6.32. The second-order valence-electron chi connectivity index (χ2n) is 33.9. The molecule has 15 bridgehead atoms. The van der Waals surface area contributed by atoms with Crippen LogP contribution in [0.4, 0.5) is 4.79 Å². The van der Waals surface area contributed by atoms with Crippen LogP contribution in [0.15, 0.2) is 78.9 Å². The van der Waals surface area contributed by atoms with Crippen molar-refractivity contribution in [3.8, 4) is 57.1 Å². The number of carbonyl (C=O) groups excluding carboxylic acids is 9. The van der Waals surface area contributed by atoms with Gasteiger partial charge in [0.1, 0.15) is 95.5 Å². The van der Waals surface area contributed by atoms with Gasteiger partial charge in [0.15, 0.2) is 23.9 Å². The molecule has 0 aromatic heterocycles. The first-order chi connectivity index (χ1) is 58.1. The SMILES string of the molecule is CCCCCCCCNC(=O)Oc1cc(O)c2c(c1)[C@H](C(=O)NC1C3CC4CC(C3)CC1C4)NC(=O)[C@H]1NC(=O)[C@H](NC(=O)[C@@H]3NC(=O)[C@H](CC(N)=O)NC(=O)[C@H](NC(=O)[C@@H](CC(C)C)NC)[C@H](O)c4ccc(c(Cl)c4)Oc4cc3cc(c4O[C@@H]3O[C@H](CO)[C@@H](O)[C@H](O)[C@H]3O[C@H]3C[C@](C)(N)[C@H](O)[C@H](C)O3)Oc3ccc(cc3Cl)[C@H]1O)c1ccc(O)c-2c1. The van der Waals surface area contributed by atoms with E-state index in [0.29, 0.717) is 18.3 Å². The number of nitrogens with two attached hydrogens (primary N) is 2. The minimum absolute atomic E-state index is 0.0383. The Morgan fingerprint density at radius 2 is 1.29 bits per heavy atom. The molecule has 5 aromatic rings. The number of halogens is 2. The third-order valence-electron chi connectivity index (χ3n) is 24.3. The van der Waals surface area contributed by atoms with Gasteiger partial charge in [0.05, 0.1) is 41.3 Å². The molecule has 7 heterocycles. The molecular formula is C85H107Cl2N11O24. The van der Waals surface area contributed by atoms with Gasteiger partial charge in [-0.15, -0.1) is 0 Å². The molecule has 5 aromatic carbocycles. The van der Waals surface area contributed by atoms with Gasteiger partial charge in [-0.2, -0.15) is 0 Å². The fourth-order valence-corrected chi connectivity index (χ4v) is 18.7.